The van der Waals surface area contributed by atoms with Crippen molar-refractivity contribution in [1.82, 2.24) is 9.71 Å². The molecule has 0 saturated carbocycles. The van der Waals surface area contributed by atoms with Crippen LogP contribution < -0.4 is 4.72 Å². The number of rotatable bonds is 6. The third-order valence-corrected chi connectivity index (χ3v) is 5.66. The number of hydrogen-bond acceptors (Lipinski definition) is 4. The second-order valence-corrected chi connectivity index (χ2v) is 8.05. The highest BCUT2D eigenvalue weighted by Gasteiger charge is 2.15. The molecule has 6 heteroatoms. The van der Waals surface area contributed by atoms with Gasteiger partial charge in [-0.25, -0.2) is 13.1 Å². The summed E-state index contributed by atoms with van der Waals surface area (Å²) in [5.41, 5.74) is 4.08. The summed E-state index contributed by atoms with van der Waals surface area (Å²) >= 11 is 0. The Morgan fingerprint density at radius 1 is 1.00 bits per heavy atom. The maximum absolute atomic E-state index is 12.6. The van der Waals surface area contributed by atoms with Gasteiger partial charge in [-0.05, 0) is 37.6 Å². The fourth-order valence-electron chi connectivity index (χ4n) is 2.68. The van der Waals surface area contributed by atoms with E-state index in [-0.39, 0.29) is 17.2 Å². The Labute approximate surface area is 159 Å². The first-order chi connectivity index (χ1) is 12.9. The Morgan fingerprint density at radius 3 is 2.30 bits per heavy atom. The van der Waals surface area contributed by atoms with E-state index < -0.39 is 10.0 Å². The number of nitrogens with one attached hydrogen (secondary N) is 1. The molecular formula is C21H20N2O3S. The molecular weight excluding hydrogens is 360 g/mol. The Kier molecular flexibility index (Phi) is 5.48. The van der Waals surface area contributed by atoms with Crippen LogP contribution in [-0.2, 0) is 16.6 Å². The zero-order valence-corrected chi connectivity index (χ0v) is 16.0. The Morgan fingerprint density at radius 2 is 1.67 bits per heavy atom. The van der Waals surface area contributed by atoms with E-state index in [4.69, 9.17) is 0 Å². The highest BCUT2D eigenvalue weighted by atomic mass is 32.2. The predicted octanol–water partition coefficient (Wildman–Crippen LogP) is 3.74. The fraction of sp³-hybridized carbons (Fsp3) is 0.143. The lowest BCUT2D eigenvalue weighted by Crippen LogP contribution is -2.23. The van der Waals surface area contributed by atoms with Crippen LogP contribution in [0.3, 0.4) is 0 Å². The first-order valence-electron chi connectivity index (χ1n) is 8.48. The third-order valence-electron chi connectivity index (χ3n) is 4.24. The van der Waals surface area contributed by atoms with E-state index in [2.05, 4.69) is 9.71 Å². The van der Waals surface area contributed by atoms with Gasteiger partial charge in [-0.15, -0.1) is 0 Å². The minimum atomic E-state index is -3.70. The van der Waals surface area contributed by atoms with Crippen molar-refractivity contribution < 1.29 is 13.2 Å². The van der Waals surface area contributed by atoms with E-state index in [1.165, 1.54) is 31.2 Å². The highest BCUT2D eigenvalue weighted by molar-refractivity contribution is 7.89. The number of Topliss-reactive ketones (excluding diaryl/α,β-unsaturated/α-hetero) is 1. The molecule has 27 heavy (non-hydrogen) atoms. The first-order valence-corrected chi connectivity index (χ1v) is 9.97. The summed E-state index contributed by atoms with van der Waals surface area (Å²) in [5, 5.41) is 0. The number of carbonyl (C=O) groups excluding carboxylic acids is 1. The van der Waals surface area contributed by atoms with Crippen LogP contribution >= 0.6 is 0 Å². The van der Waals surface area contributed by atoms with E-state index in [0.717, 1.165) is 22.4 Å². The van der Waals surface area contributed by atoms with Crippen molar-refractivity contribution in [1.29, 1.82) is 0 Å². The summed E-state index contributed by atoms with van der Waals surface area (Å²) < 4.78 is 27.7. The number of aromatic nitrogens is 1. The van der Waals surface area contributed by atoms with Gasteiger partial charge in [-0.3, -0.25) is 9.78 Å². The van der Waals surface area contributed by atoms with Gasteiger partial charge in [-0.2, -0.15) is 0 Å². The van der Waals surface area contributed by atoms with Gasteiger partial charge in [0.25, 0.3) is 0 Å². The second kappa shape index (κ2) is 7.82. The minimum absolute atomic E-state index is 0.106. The van der Waals surface area contributed by atoms with Gasteiger partial charge in [0.2, 0.25) is 10.0 Å². The van der Waals surface area contributed by atoms with Crippen LogP contribution in [-0.4, -0.2) is 19.2 Å². The lowest BCUT2D eigenvalue weighted by molar-refractivity contribution is 0.101. The molecule has 0 atom stereocenters. The Bertz CT molecular complexity index is 1060. The van der Waals surface area contributed by atoms with Crippen LogP contribution in [0.5, 0.6) is 0 Å². The van der Waals surface area contributed by atoms with Crippen LogP contribution in [0.4, 0.5) is 0 Å². The molecule has 1 aromatic heterocycles. The molecule has 3 aromatic rings. The van der Waals surface area contributed by atoms with Crippen molar-refractivity contribution in [3.8, 4) is 11.3 Å². The van der Waals surface area contributed by atoms with Gasteiger partial charge >= 0.3 is 0 Å². The lowest BCUT2D eigenvalue weighted by atomic mass is 10.0. The summed E-state index contributed by atoms with van der Waals surface area (Å²) in [6.45, 7) is 3.57. The standard InChI is InChI=1S/C21H20N2O3S/c1-15-5-7-18(8-6-15)21-19(4-3-13-22-21)14-23-27(25,26)20-11-9-17(10-12-20)16(2)24/h3-13,23H,14H2,1-2H3. The SMILES string of the molecule is CC(=O)c1ccc(S(=O)(=O)NCc2cccnc2-c2ccc(C)cc2)cc1. The molecule has 0 fully saturated rings. The van der Waals surface area contributed by atoms with Gasteiger partial charge in [0.05, 0.1) is 10.6 Å². The number of aryl methyl sites for hydroxylation is 1. The molecule has 5 nitrogen and oxygen atoms in total. The molecule has 0 saturated heterocycles. The van der Waals surface area contributed by atoms with Crippen molar-refractivity contribution in [2.75, 3.05) is 0 Å². The normalized spacial score (nSPS) is 11.3. The number of carbonyl (C=O) groups is 1. The zero-order valence-electron chi connectivity index (χ0n) is 15.1. The van der Waals surface area contributed by atoms with Gasteiger partial charge in [0.15, 0.2) is 5.78 Å². The maximum atomic E-state index is 12.6. The summed E-state index contributed by atoms with van der Waals surface area (Å²) in [6, 6.07) is 17.5. The van der Waals surface area contributed by atoms with Gasteiger partial charge in [0, 0.05) is 23.9 Å². The average molecular weight is 380 g/mol. The lowest BCUT2D eigenvalue weighted by Gasteiger charge is -2.11. The largest absolute Gasteiger partial charge is 0.295 e. The molecule has 0 aliphatic heterocycles. The van der Waals surface area contributed by atoms with Crippen molar-refractivity contribution in [3.63, 3.8) is 0 Å². The Balaban J connectivity index is 1.82. The van der Waals surface area contributed by atoms with Crippen LogP contribution in [0.2, 0.25) is 0 Å². The summed E-state index contributed by atoms with van der Waals surface area (Å²) in [7, 11) is -3.70. The van der Waals surface area contributed by atoms with E-state index in [0.29, 0.717) is 5.56 Å². The molecule has 1 heterocycles. The van der Waals surface area contributed by atoms with Crippen molar-refractivity contribution in [2.45, 2.75) is 25.3 Å². The fourth-order valence-corrected chi connectivity index (χ4v) is 3.68. The molecule has 0 spiro atoms. The molecule has 1 N–H and O–H groups in total. The summed E-state index contributed by atoms with van der Waals surface area (Å²) in [5.74, 6) is -0.106. The van der Waals surface area contributed by atoms with E-state index in [9.17, 15) is 13.2 Å². The van der Waals surface area contributed by atoms with Crippen LogP contribution in [0.25, 0.3) is 11.3 Å². The number of pyridine rings is 1. The molecule has 0 bridgehead atoms. The second-order valence-electron chi connectivity index (χ2n) is 6.28. The number of ketones is 1. The third kappa shape index (κ3) is 4.48. The van der Waals surface area contributed by atoms with E-state index in [1.807, 2.05) is 37.3 Å². The summed E-state index contributed by atoms with van der Waals surface area (Å²) in [4.78, 5) is 15.9. The van der Waals surface area contributed by atoms with Gasteiger partial charge in [-0.1, -0.05) is 48.0 Å². The number of benzene rings is 2. The molecule has 0 unspecified atom stereocenters. The predicted molar refractivity (Wildman–Crippen MR) is 105 cm³/mol. The average Bonchev–Trinajstić information content (AvgIpc) is 2.67. The van der Waals surface area contributed by atoms with E-state index in [1.54, 1.807) is 12.3 Å². The first kappa shape index (κ1) is 18.9. The monoisotopic (exact) mass is 380 g/mol. The van der Waals surface area contributed by atoms with Crippen molar-refractivity contribution >= 4 is 15.8 Å². The number of sulfonamides is 1. The molecule has 0 radical (unpaired) electrons. The molecule has 2 aromatic carbocycles. The quantitative estimate of drug-likeness (QED) is 0.661. The minimum Gasteiger partial charge on any atom is -0.295 e. The van der Waals surface area contributed by atoms with Crippen LogP contribution in [0.15, 0.2) is 71.8 Å². The highest BCUT2D eigenvalue weighted by Crippen LogP contribution is 2.22. The Hall–Kier alpha value is -2.83. The number of nitrogens with zero attached hydrogens (tertiary/aromatic N) is 1. The topological polar surface area (TPSA) is 76.1 Å². The smallest absolute Gasteiger partial charge is 0.240 e. The van der Waals surface area contributed by atoms with Gasteiger partial charge < -0.3 is 0 Å². The number of hydrogen-bond donors (Lipinski definition) is 1. The molecule has 3 rings (SSSR count). The van der Waals surface area contributed by atoms with Crippen molar-refractivity contribution in [2.24, 2.45) is 0 Å². The van der Waals surface area contributed by atoms with Gasteiger partial charge in [0.1, 0.15) is 0 Å². The maximum Gasteiger partial charge on any atom is 0.240 e. The zero-order chi connectivity index (χ0) is 19.4. The van der Waals surface area contributed by atoms with Crippen molar-refractivity contribution in [3.05, 3.63) is 83.6 Å². The molecule has 0 aliphatic rings. The van der Waals surface area contributed by atoms with Crippen LogP contribution in [0, 0.1) is 6.92 Å². The van der Waals surface area contributed by atoms with Crippen LogP contribution in [0.1, 0.15) is 28.4 Å². The molecule has 138 valence electrons. The molecule has 0 aliphatic carbocycles. The molecule has 0 amide bonds. The summed E-state index contributed by atoms with van der Waals surface area (Å²) in [6.07, 6.45) is 1.69. The van der Waals surface area contributed by atoms with E-state index >= 15 is 0 Å².